The molecule has 4 nitrogen and oxygen atoms in total. The molecule has 0 radical (unpaired) electrons. The average molecular weight is 299 g/mol. The van der Waals surface area contributed by atoms with Crippen molar-refractivity contribution in [2.45, 2.75) is 0 Å². The number of H-pyrrole nitrogens is 1. The number of nitrogens with zero attached hydrogens (tertiary/aromatic N) is 2. The molecule has 21 heavy (non-hydrogen) atoms. The number of aromatic amines is 1. The van der Waals surface area contributed by atoms with Crippen LogP contribution in [0.25, 0.3) is 16.7 Å². The van der Waals surface area contributed by atoms with Crippen LogP contribution in [0, 0.1) is 4.77 Å². The molecule has 0 amide bonds. The predicted octanol–water partition coefficient (Wildman–Crippen LogP) is 3.76. The molecule has 3 rings (SSSR count). The molecule has 3 aromatic rings. The van der Waals surface area contributed by atoms with E-state index in [1.807, 2.05) is 44.4 Å². The van der Waals surface area contributed by atoms with Gasteiger partial charge in [0.1, 0.15) is 5.75 Å². The van der Waals surface area contributed by atoms with Crippen molar-refractivity contribution in [3.63, 3.8) is 0 Å². The van der Waals surface area contributed by atoms with Crippen molar-refractivity contribution < 1.29 is 4.74 Å². The number of fused-ring (bicyclic) bond motifs is 1. The summed E-state index contributed by atoms with van der Waals surface area (Å²) < 4.78 is 8.00. The van der Waals surface area contributed by atoms with Crippen molar-refractivity contribution in [2.24, 2.45) is 0 Å². The van der Waals surface area contributed by atoms with E-state index in [1.54, 1.807) is 7.11 Å². The van der Waals surface area contributed by atoms with Crippen molar-refractivity contribution in [1.82, 2.24) is 9.55 Å². The number of methoxy groups -OCH3 is 1. The summed E-state index contributed by atoms with van der Waals surface area (Å²) in [6, 6.07) is 14.1. The standard InChI is InChI=1S/C16H17N3OS/c1-18(2)14-6-4-5-7-15(14)19-13-9-8-11(20-3)10-12(13)17-16(19)21/h4-10H,1-3H3,(H,17,21). The lowest BCUT2D eigenvalue weighted by molar-refractivity contribution is 0.415. The van der Waals surface area contributed by atoms with Crippen LogP contribution in [0.1, 0.15) is 0 Å². The average Bonchev–Trinajstić information content (AvgIpc) is 2.81. The van der Waals surface area contributed by atoms with Crippen LogP contribution in [0.5, 0.6) is 5.75 Å². The minimum atomic E-state index is 0.674. The molecule has 0 saturated carbocycles. The Morgan fingerprint density at radius 1 is 1.14 bits per heavy atom. The lowest BCUT2D eigenvalue weighted by Gasteiger charge is -2.18. The van der Waals surface area contributed by atoms with E-state index >= 15 is 0 Å². The fourth-order valence-electron chi connectivity index (χ4n) is 2.49. The third-order valence-electron chi connectivity index (χ3n) is 3.49. The molecule has 1 heterocycles. The third kappa shape index (κ3) is 2.29. The zero-order chi connectivity index (χ0) is 15.0. The molecule has 1 N–H and O–H groups in total. The first-order valence-corrected chi connectivity index (χ1v) is 7.08. The summed E-state index contributed by atoms with van der Waals surface area (Å²) in [6.45, 7) is 0. The van der Waals surface area contributed by atoms with Gasteiger partial charge in [-0.15, -0.1) is 0 Å². The van der Waals surface area contributed by atoms with Gasteiger partial charge < -0.3 is 14.6 Å². The highest BCUT2D eigenvalue weighted by molar-refractivity contribution is 7.71. The Bertz CT molecular complexity index is 848. The number of ether oxygens (including phenoxy) is 1. The third-order valence-corrected chi connectivity index (χ3v) is 3.78. The molecule has 0 bridgehead atoms. The maximum absolute atomic E-state index is 5.51. The second kappa shape index (κ2) is 5.26. The van der Waals surface area contributed by atoms with E-state index in [1.165, 1.54) is 0 Å². The number of nitrogens with one attached hydrogen (secondary N) is 1. The Kier molecular flexibility index (Phi) is 3.43. The number of hydrogen-bond acceptors (Lipinski definition) is 3. The van der Waals surface area contributed by atoms with E-state index in [9.17, 15) is 0 Å². The highest BCUT2D eigenvalue weighted by Gasteiger charge is 2.11. The first-order chi connectivity index (χ1) is 10.1. The number of para-hydroxylation sites is 2. The molecular formula is C16H17N3OS. The predicted molar refractivity (Wildman–Crippen MR) is 89.3 cm³/mol. The number of aromatic nitrogens is 2. The zero-order valence-electron chi connectivity index (χ0n) is 12.3. The molecule has 2 aromatic carbocycles. The minimum Gasteiger partial charge on any atom is -0.497 e. The molecule has 0 aliphatic rings. The maximum Gasteiger partial charge on any atom is 0.182 e. The van der Waals surface area contributed by atoms with Gasteiger partial charge in [-0.2, -0.15) is 0 Å². The smallest absolute Gasteiger partial charge is 0.182 e. The normalized spacial score (nSPS) is 10.8. The summed E-state index contributed by atoms with van der Waals surface area (Å²) in [5.41, 5.74) is 4.18. The Morgan fingerprint density at radius 2 is 1.90 bits per heavy atom. The van der Waals surface area contributed by atoms with Gasteiger partial charge in [-0.3, -0.25) is 4.57 Å². The summed E-state index contributed by atoms with van der Waals surface area (Å²) in [5.74, 6) is 0.812. The number of anilines is 1. The molecule has 5 heteroatoms. The second-order valence-electron chi connectivity index (χ2n) is 5.03. The largest absolute Gasteiger partial charge is 0.497 e. The minimum absolute atomic E-state index is 0.674. The highest BCUT2D eigenvalue weighted by atomic mass is 32.1. The van der Waals surface area contributed by atoms with Gasteiger partial charge in [0.05, 0.1) is 29.5 Å². The van der Waals surface area contributed by atoms with Crippen LogP contribution in [-0.2, 0) is 0 Å². The summed E-state index contributed by atoms with van der Waals surface area (Å²) in [6.07, 6.45) is 0. The first-order valence-electron chi connectivity index (χ1n) is 6.67. The summed E-state index contributed by atoms with van der Waals surface area (Å²) in [4.78, 5) is 5.33. The van der Waals surface area contributed by atoms with Gasteiger partial charge >= 0.3 is 0 Å². The Hall–Kier alpha value is -2.27. The Balaban J connectivity index is 2.31. The molecule has 0 fully saturated rings. The van der Waals surface area contributed by atoms with Gasteiger partial charge in [0, 0.05) is 20.2 Å². The zero-order valence-corrected chi connectivity index (χ0v) is 13.1. The fraction of sp³-hybridized carbons (Fsp3) is 0.188. The van der Waals surface area contributed by atoms with Crippen LogP contribution in [0.15, 0.2) is 42.5 Å². The highest BCUT2D eigenvalue weighted by Crippen LogP contribution is 2.28. The monoisotopic (exact) mass is 299 g/mol. The van der Waals surface area contributed by atoms with Crippen molar-refractivity contribution in [1.29, 1.82) is 0 Å². The van der Waals surface area contributed by atoms with Crippen LogP contribution in [0.4, 0.5) is 5.69 Å². The number of benzene rings is 2. The molecule has 0 atom stereocenters. The van der Waals surface area contributed by atoms with E-state index in [0.717, 1.165) is 28.2 Å². The van der Waals surface area contributed by atoms with Crippen LogP contribution >= 0.6 is 12.2 Å². The van der Waals surface area contributed by atoms with E-state index in [0.29, 0.717) is 4.77 Å². The van der Waals surface area contributed by atoms with Crippen molar-refractivity contribution >= 4 is 28.9 Å². The molecule has 0 unspecified atom stereocenters. The quantitative estimate of drug-likeness (QED) is 0.748. The topological polar surface area (TPSA) is 33.2 Å². The Labute approximate surface area is 128 Å². The summed E-state index contributed by atoms with van der Waals surface area (Å²) >= 11 is 5.51. The van der Waals surface area contributed by atoms with Crippen molar-refractivity contribution in [3.05, 3.63) is 47.2 Å². The number of rotatable bonds is 3. The lowest BCUT2D eigenvalue weighted by atomic mass is 10.2. The SMILES string of the molecule is COc1ccc2c(c1)[nH]c(=S)n2-c1ccccc1N(C)C. The maximum atomic E-state index is 5.51. The van der Waals surface area contributed by atoms with Crippen LogP contribution in [-0.4, -0.2) is 30.8 Å². The van der Waals surface area contributed by atoms with Crippen molar-refractivity contribution in [3.8, 4) is 11.4 Å². The molecule has 0 aliphatic carbocycles. The van der Waals surface area contributed by atoms with Crippen molar-refractivity contribution in [2.75, 3.05) is 26.1 Å². The van der Waals surface area contributed by atoms with Gasteiger partial charge in [0.25, 0.3) is 0 Å². The molecule has 0 spiro atoms. The van der Waals surface area contributed by atoms with E-state index < -0.39 is 0 Å². The molecule has 1 aromatic heterocycles. The lowest BCUT2D eigenvalue weighted by Crippen LogP contribution is -2.12. The van der Waals surface area contributed by atoms with E-state index in [4.69, 9.17) is 17.0 Å². The van der Waals surface area contributed by atoms with Crippen LogP contribution in [0.2, 0.25) is 0 Å². The number of hydrogen-bond donors (Lipinski definition) is 1. The van der Waals surface area contributed by atoms with Gasteiger partial charge in [-0.1, -0.05) is 12.1 Å². The fourth-order valence-corrected chi connectivity index (χ4v) is 2.79. The molecular weight excluding hydrogens is 282 g/mol. The molecule has 0 aliphatic heterocycles. The van der Waals surface area contributed by atoms with Crippen LogP contribution in [0.3, 0.4) is 0 Å². The molecule has 108 valence electrons. The molecule has 0 saturated heterocycles. The van der Waals surface area contributed by atoms with Gasteiger partial charge in [-0.25, -0.2) is 0 Å². The summed E-state index contributed by atoms with van der Waals surface area (Å²) in [5, 5.41) is 0. The van der Waals surface area contributed by atoms with Gasteiger partial charge in [0.2, 0.25) is 0 Å². The number of imidazole rings is 1. The summed E-state index contributed by atoms with van der Waals surface area (Å²) in [7, 11) is 5.72. The van der Waals surface area contributed by atoms with E-state index in [-0.39, 0.29) is 0 Å². The van der Waals surface area contributed by atoms with Crippen LogP contribution < -0.4 is 9.64 Å². The Morgan fingerprint density at radius 3 is 2.62 bits per heavy atom. The van der Waals surface area contributed by atoms with E-state index in [2.05, 4.69) is 26.6 Å². The first kappa shape index (κ1) is 13.7. The van der Waals surface area contributed by atoms with Gasteiger partial charge in [0.15, 0.2) is 4.77 Å². The second-order valence-corrected chi connectivity index (χ2v) is 5.42. The van der Waals surface area contributed by atoms with Gasteiger partial charge in [-0.05, 0) is 36.5 Å².